The van der Waals surface area contributed by atoms with Crippen LogP contribution in [0.4, 0.5) is 0 Å². The summed E-state index contributed by atoms with van der Waals surface area (Å²) in [5.41, 5.74) is 8.83. The quantitative estimate of drug-likeness (QED) is 0.225. The van der Waals surface area contributed by atoms with E-state index in [1.165, 1.54) is 53.5 Å². The Balaban J connectivity index is 0.000000466. The maximum Gasteiger partial charge on any atom is 0.162 e. The molecule has 272 valence electrons. The van der Waals surface area contributed by atoms with Gasteiger partial charge in [-0.25, -0.2) is 0 Å². The van der Waals surface area contributed by atoms with Crippen LogP contribution in [-0.2, 0) is 11.2 Å². The molecule has 3 aliphatic carbocycles. The number of aryl methyl sites for hydroxylation is 2. The van der Waals surface area contributed by atoms with Crippen LogP contribution in [0.1, 0.15) is 150 Å². The van der Waals surface area contributed by atoms with Crippen LogP contribution in [0.25, 0.3) is 6.08 Å². The first-order chi connectivity index (χ1) is 23.3. The molecule has 0 N–H and O–H groups in total. The lowest BCUT2D eigenvalue weighted by atomic mass is 9.60. The Morgan fingerprint density at radius 1 is 0.980 bits per heavy atom. The van der Waals surface area contributed by atoms with Gasteiger partial charge in [-0.05, 0) is 138 Å². The lowest BCUT2D eigenvalue weighted by Crippen LogP contribution is -2.39. The van der Waals surface area contributed by atoms with E-state index in [4.69, 9.17) is 23.2 Å². The number of fused-ring (bicyclic) bond motifs is 1. The average molecular weight is 708 g/mol. The van der Waals surface area contributed by atoms with Crippen molar-refractivity contribution in [3.63, 3.8) is 0 Å². The molecule has 2 aromatic carbocycles. The number of rotatable bonds is 10. The van der Waals surface area contributed by atoms with Crippen molar-refractivity contribution in [3.05, 3.63) is 98.1 Å². The number of carbonyl (C=O) groups excluding carboxylic acids is 1. The van der Waals surface area contributed by atoms with Crippen molar-refractivity contribution in [1.29, 1.82) is 0 Å². The van der Waals surface area contributed by atoms with Gasteiger partial charge in [-0.1, -0.05) is 142 Å². The lowest BCUT2D eigenvalue weighted by molar-refractivity contribution is -0.119. The molecule has 2 fully saturated rings. The van der Waals surface area contributed by atoms with Gasteiger partial charge in [0, 0.05) is 22.0 Å². The van der Waals surface area contributed by atoms with E-state index in [1.807, 2.05) is 46.8 Å². The summed E-state index contributed by atoms with van der Waals surface area (Å²) < 4.78 is 0. The molecule has 3 heteroatoms. The van der Waals surface area contributed by atoms with Gasteiger partial charge in [0.1, 0.15) is 0 Å². The molecule has 4 unspecified atom stereocenters. The van der Waals surface area contributed by atoms with Crippen LogP contribution in [0, 0.1) is 35.5 Å². The van der Waals surface area contributed by atoms with Gasteiger partial charge < -0.3 is 0 Å². The van der Waals surface area contributed by atoms with Gasteiger partial charge in [0.25, 0.3) is 0 Å². The van der Waals surface area contributed by atoms with E-state index in [0.717, 1.165) is 71.5 Å². The smallest absolute Gasteiger partial charge is 0.162 e. The Morgan fingerprint density at radius 2 is 1.61 bits per heavy atom. The number of Topliss-reactive ketones (excluding diaryl/α,β-unsaturated/α-hetero) is 1. The second-order valence-corrected chi connectivity index (χ2v) is 16.1. The van der Waals surface area contributed by atoms with Gasteiger partial charge in [-0.3, -0.25) is 4.79 Å². The maximum atomic E-state index is 13.8. The van der Waals surface area contributed by atoms with Crippen molar-refractivity contribution < 1.29 is 4.79 Å². The standard InChI is InChI=1S/C32H43ClO.C10H13Cl.2C2H6/c1-7-9-27-23(18-22-12-14-25(33)15-13-22)10-8-11-26(27)21(2)29(34)20-30(31(3,4)5)32(6)17-16-24-19-28(24)32;1-3-4-9-6-5-8(2)10(11)7-9;2*1-2/h12-15,18,24,28,30H,2,7-11,16-17,19-20H2,1,3-6H3;5-7H,3-4H2,1-2H3;2*1-2H3/b23-18+;;;. The first-order valence-corrected chi connectivity index (χ1v) is 20.2. The molecular formula is C46H68Cl2O. The summed E-state index contributed by atoms with van der Waals surface area (Å²) in [5.74, 6) is 2.44. The molecule has 0 aliphatic heterocycles. The summed E-state index contributed by atoms with van der Waals surface area (Å²) in [6.07, 6.45) is 14.4. The highest BCUT2D eigenvalue weighted by Gasteiger charge is 2.60. The first kappa shape index (κ1) is 43.1. The molecule has 2 aromatic rings. The van der Waals surface area contributed by atoms with Crippen molar-refractivity contribution >= 4 is 35.1 Å². The summed E-state index contributed by atoms with van der Waals surface area (Å²) in [5, 5.41) is 1.65. The second kappa shape index (κ2) is 20.1. The molecule has 49 heavy (non-hydrogen) atoms. The molecule has 0 aromatic heterocycles. The van der Waals surface area contributed by atoms with E-state index in [1.54, 1.807) is 0 Å². The third kappa shape index (κ3) is 11.7. The normalized spacial score (nSPS) is 22.4. The summed E-state index contributed by atoms with van der Waals surface area (Å²) in [7, 11) is 0. The van der Waals surface area contributed by atoms with Crippen LogP contribution >= 0.6 is 23.2 Å². The van der Waals surface area contributed by atoms with Crippen molar-refractivity contribution in [2.45, 2.75) is 147 Å². The van der Waals surface area contributed by atoms with Crippen LogP contribution in [0.15, 0.2) is 71.3 Å². The summed E-state index contributed by atoms with van der Waals surface area (Å²) in [6, 6.07) is 14.3. The highest BCUT2D eigenvalue weighted by Crippen LogP contribution is 2.67. The minimum absolute atomic E-state index is 0.120. The van der Waals surface area contributed by atoms with Gasteiger partial charge in [-0.15, -0.1) is 0 Å². The second-order valence-electron chi connectivity index (χ2n) is 15.3. The SMILES string of the molecule is C=C(C(=O)CC(C(C)(C)C)C1(C)CCC2CC21)C1=C(CCC)/C(=C/c2ccc(Cl)cc2)CCC1.CC.CC.CCCc1ccc(C)c(Cl)c1. The molecule has 0 amide bonds. The topological polar surface area (TPSA) is 17.1 Å². The predicted octanol–water partition coefficient (Wildman–Crippen LogP) is 15.3. The minimum Gasteiger partial charge on any atom is -0.294 e. The predicted molar refractivity (Wildman–Crippen MR) is 219 cm³/mol. The zero-order valence-corrected chi connectivity index (χ0v) is 34.5. The molecular weight excluding hydrogens is 639 g/mol. The van der Waals surface area contributed by atoms with Crippen molar-refractivity contribution in [3.8, 4) is 0 Å². The van der Waals surface area contributed by atoms with Crippen LogP contribution < -0.4 is 0 Å². The number of hydrogen-bond donors (Lipinski definition) is 0. The summed E-state index contributed by atoms with van der Waals surface area (Å²) in [4.78, 5) is 13.8. The Kier molecular flexibility index (Phi) is 17.7. The first-order valence-electron chi connectivity index (χ1n) is 19.4. The monoisotopic (exact) mass is 706 g/mol. The number of hydrogen-bond acceptors (Lipinski definition) is 1. The maximum absolute atomic E-state index is 13.8. The van der Waals surface area contributed by atoms with Gasteiger partial charge in [0.2, 0.25) is 0 Å². The van der Waals surface area contributed by atoms with Crippen LogP contribution in [0.2, 0.25) is 10.0 Å². The van der Waals surface area contributed by atoms with E-state index in [2.05, 4.69) is 84.5 Å². The molecule has 0 radical (unpaired) electrons. The highest BCUT2D eigenvalue weighted by molar-refractivity contribution is 6.31. The zero-order chi connectivity index (χ0) is 36.9. The van der Waals surface area contributed by atoms with Crippen LogP contribution in [-0.4, -0.2) is 5.78 Å². The van der Waals surface area contributed by atoms with Crippen LogP contribution in [0.5, 0.6) is 0 Å². The Morgan fingerprint density at radius 3 is 2.12 bits per heavy atom. The van der Waals surface area contributed by atoms with Crippen molar-refractivity contribution in [2.24, 2.45) is 28.6 Å². The zero-order valence-electron chi connectivity index (χ0n) is 33.0. The van der Waals surface area contributed by atoms with Gasteiger partial charge >= 0.3 is 0 Å². The fraction of sp³-hybridized carbons (Fsp3) is 0.587. The molecule has 2 saturated carbocycles. The summed E-state index contributed by atoms with van der Waals surface area (Å²) >= 11 is 12.0. The number of allylic oxidation sites excluding steroid dienone is 4. The lowest BCUT2D eigenvalue weighted by Gasteiger charge is -2.44. The van der Waals surface area contributed by atoms with E-state index < -0.39 is 0 Å². The fourth-order valence-corrected chi connectivity index (χ4v) is 8.67. The molecule has 0 saturated heterocycles. The molecule has 0 spiro atoms. The minimum atomic E-state index is 0.120. The van der Waals surface area contributed by atoms with Gasteiger partial charge in [-0.2, -0.15) is 0 Å². The number of benzene rings is 2. The number of halogens is 2. The van der Waals surface area contributed by atoms with Crippen LogP contribution in [0.3, 0.4) is 0 Å². The van der Waals surface area contributed by atoms with E-state index >= 15 is 0 Å². The van der Waals surface area contributed by atoms with Gasteiger partial charge in [0.05, 0.1) is 0 Å². The Bertz CT molecular complexity index is 1420. The van der Waals surface area contributed by atoms with E-state index in [0.29, 0.717) is 17.8 Å². The molecule has 0 bridgehead atoms. The highest BCUT2D eigenvalue weighted by atomic mass is 35.5. The molecule has 4 atom stereocenters. The third-order valence-corrected chi connectivity index (χ3v) is 11.5. The van der Waals surface area contributed by atoms with Crippen molar-refractivity contribution in [2.75, 3.05) is 0 Å². The molecule has 0 heterocycles. The Labute approximate surface area is 312 Å². The largest absolute Gasteiger partial charge is 0.294 e. The average Bonchev–Trinajstić information content (AvgIpc) is 3.81. The van der Waals surface area contributed by atoms with Gasteiger partial charge in [0.15, 0.2) is 5.78 Å². The Hall–Kier alpha value is -2.09. The summed E-state index contributed by atoms with van der Waals surface area (Å²) in [6.45, 7) is 28.3. The van der Waals surface area contributed by atoms with E-state index in [9.17, 15) is 4.79 Å². The van der Waals surface area contributed by atoms with Crippen molar-refractivity contribution in [1.82, 2.24) is 0 Å². The number of ketones is 1. The fourth-order valence-electron chi connectivity index (χ4n) is 8.34. The molecule has 1 nitrogen and oxygen atoms in total. The molecule has 3 aliphatic rings. The van der Waals surface area contributed by atoms with E-state index in [-0.39, 0.29) is 11.2 Å². The number of carbonyl (C=O) groups is 1. The molecule has 5 rings (SSSR count). The third-order valence-electron chi connectivity index (χ3n) is 10.9.